The fourth-order valence-electron chi connectivity index (χ4n) is 2.31. The molecule has 2 aromatic rings. The van der Waals surface area contributed by atoms with Gasteiger partial charge in [0.15, 0.2) is 0 Å². The topological polar surface area (TPSA) is 92.5 Å². The van der Waals surface area contributed by atoms with Crippen molar-refractivity contribution >= 4 is 34.7 Å². The van der Waals surface area contributed by atoms with E-state index in [0.717, 1.165) is 0 Å². The van der Waals surface area contributed by atoms with E-state index in [4.69, 9.17) is 5.73 Å². The molecule has 0 atom stereocenters. The lowest BCUT2D eigenvalue weighted by molar-refractivity contribution is -0.119. The Balaban J connectivity index is 1.88. The molecule has 0 bridgehead atoms. The quantitative estimate of drug-likeness (QED) is 0.657. The van der Waals surface area contributed by atoms with Gasteiger partial charge in [-0.15, -0.1) is 11.3 Å². The zero-order chi connectivity index (χ0) is 18.9. The molecule has 0 spiro atoms. The van der Waals surface area contributed by atoms with E-state index in [1.54, 1.807) is 12.1 Å². The molecular weight excluding hydrogens is 357 g/mol. The average Bonchev–Trinajstić information content (AvgIpc) is 3.14. The van der Waals surface area contributed by atoms with Gasteiger partial charge in [0.1, 0.15) is 5.82 Å². The van der Waals surface area contributed by atoms with Crippen LogP contribution in [-0.2, 0) is 9.59 Å². The molecule has 1 heterocycles. The summed E-state index contributed by atoms with van der Waals surface area (Å²) in [4.78, 5) is 37.4. The average molecular weight is 377 g/mol. The van der Waals surface area contributed by atoms with Crippen LogP contribution < -0.4 is 16.0 Å². The van der Waals surface area contributed by atoms with E-state index >= 15 is 0 Å². The number of halogens is 1. The zero-order valence-electron chi connectivity index (χ0n) is 14.1. The number of nitrogens with two attached hydrogens (primary N) is 1. The second-order valence-electron chi connectivity index (χ2n) is 5.57. The van der Waals surface area contributed by atoms with Crippen LogP contribution in [0.25, 0.3) is 0 Å². The van der Waals surface area contributed by atoms with Gasteiger partial charge >= 0.3 is 0 Å². The molecule has 1 aromatic heterocycles. The van der Waals surface area contributed by atoms with Gasteiger partial charge in [-0.3, -0.25) is 14.4 Å². The Hall–Kier alpha value is -2.74. The Morgan fingerprint density at radius 1 is 1.12 bits per heavy atom. The Labute approximate surface area is 154 Å². The Morgan fingerprint density at radius 2 is 1.85 bits per heavy atom. The van der Waals surface area contributed by atoms with Crippen LogP contribution in [-0.4, -0.2) is 30.8 Å². The first-order valence-electron chi connectivity index (χ1n) is 8.13. The predicted molar refractivity (Wildman–Crippen MR) is 98.5 cm³/mol. The fraction of sp³-hybridized carbons (Fsp3) is 0.278. The van der Waals surface area contributed by atoms with Crippen molar-refractivity contribution in [2.24, 2.45) is 5.73 Å². The number of carbonyl (C=O) groups excluding carboxylic acids is 3. The number of nitrogens with one attached hydrogen (secondary N) is 1. The minimum atomic E-state index is -0.520. The number of carbonyl (C=O) groups is 3. The maximum absolute atomic E-state index is 13.1. The molecule has 3 N–H and O–H groups in total. The van der Waals surface area contributed by atoms with Crippen molar-refractivity contribution in [3.05, 3.63) is 52.5 Å². The summed E-state index contributed by atoms with van der Waals surface area (Å²) in [6.07, 6.45) is 0.642. The largest absolute Gasteiger partial charge is 0.370 e. The summed E-state index contributed by atoms with van der Waals surface area (Å²) in [5.74, 6) is -1.32. The SMILES string of the molecule is NC(=O)CCN(C(=O)CCCNC(=O)c1cccs1)c1ccc(F)cc1. The number of benzene rings is 1. The van der Waals surface area contributed by atoms with Crippen molar-refractivity contribution in [2.45, 2.75) is 19.3 Å². The summed E-state index contributed by atoms with van der Waals surface area (Å²) < 4.78 is 13.1. The van der Waals surface area contributed by atoms with Crippen molar-refractivity contribution < 1.29 is 18.8 Å². The minimum absolute atomic E-state index is 0.0121. The number of anilines is 1. The first kappa shape index (κ1) is 19.6. The number of amides is 3. The van der Waals surface area contributed by atoms with Gasteiger partial charge in [0.25, 0.3) is 5.91 Å². The molecule has 0 unspecified atom stereocenters. The van der Waals surface area contributed by atoms with Crippen LogP contribution in [0.5, 0.6) is 0 Å². The highest BCUT2D eigenvalue weighted by Gasteiger charge is 2.16. The molecule has 0 radical (unpaired) electrons. The monoisotopic (exact) mass is 377 g/mol. The van der Waals surface area contributed by atoms with Gasteiger partial charge in [0.05, 0.1) is 4.88 Å². The normalized spacial score (nSPS) is 10.3. The van der Waals surface area contributed by atoms with Crippen molar-refractivity contribution in [2.75, 3.05) is 18.0 Å². The molecule has 0 aliphatic carbocycles. The van der Waals surface area contributed by atoms with Crippen molar-refractivity contribution in [1.82, 2.24) is 5.32 Å². The number of nitrogens with zero attached hydrogens (tertiary/aromatic N) is 1. The van der Waals surface area contributed by atoms with Crippen LogP contribution >= 0.6 is 11.3 Å². The molecule has 138 valence electrons. The van der Waals surface area contributed by atoms with E-state index in [-0.39, 0.29) is 31.2 Å². The van der Waals surface area contributed by atoms with Crippen LogP contribution in [0.3, 0.4) is 0 Å². The van der Waals surface area contributed by atoms with Crippen LogP contribution in [0, 0.1) is 5.82 Å². The molecular formula is C18H20FN3O3S. The summed E-state index contributed by atoms with van der Waals surface area (Å²) in [7, 11) is 0. The van der Waals surface area contributed by atoms with Gasteiger partial charge in [0, 0.05) is 31.6 Å². The third kappa shape index (κ3) is 5.96. The number of hydrogen-bond donors (Lipinski definition) is 2. The summed E-state index contributed by atoms with van der Waals surface area (Å²) in [5, 5.41) is 4.57. The first-order valence-corrected chi connectivity index (χ1v) is 9.01. The standard InChI is InChI=1S/C18H20FN3O3S/c19-13-5-7-14(8-6-13)22(11-9-16(20)23)17(24)4-1-10-21-18(25)15-3-2-12-26-15/h2-3,5-8,12H,1,4,9-11H2,(H2,20,23)(H,21,25). The number of rotatable bonds is 9. The van der Waals surface area contributed by atoms with Gasteiger partial charge in [-0.2, -0.15) is 0 Å². The van der Waals surface area contributed by atoms with E-state index in [9.17, 15) is 18.8 Å². The molecule has 0 saturated carbocycles. The summed E-state index contributed by atoms with van der Waals surface area (Å²) in [6.45, 7) is 0.483. The zero-order valence-corrected chi connectivity index (χ0v) is 14.9. The molecule has 0 fully saturated rings. The molecule has 0 saturated heterocycles. The van der Waals surface area contributed by atoms with Gasteiger partial charge in [0.2, 0.25) is 11.8 Å². The first-order chi connectivity index (χ1) is 12.5. The maximum Gasteiger partial charge on any atom is 0.261 e. The molecule has 2 rings (SSSR count). The molecule has 6 nitrogen and oxygen atoms in total. The number of primary amides is 1. The molecule has 0 aliphatic heterocycles. The van der Waals surface area contributed by atoms with Gasteiger partial charge in [-0.05, 0) is 42.1 Å². The second-order valence-corrected chi connectivity index (χ2v) is 6.52. The number of thiophene rings is 1. The third-order valence-corrected chi connectivity index (χ3v) is 4.49. The fourth-order valence-corrected chi connectivity index (χ4v) is 2.95. The summed E-state index contributed by atoms with van der Waals surface area (Å²) in [6, 6.07) is 8.98. The van der Waals surface area contributed by atoms with Crippen LogP contribution in [0.15, 0.2) is 41.8 Å². The van der Waals surface area contributed by atoms with E-state index < -0.39 is 11.7 Å². The maximum atomic E-state index is 13.1. The summed E-state index contributed by atoms with van der Waals surface area (Å²) in [5.41, 5.74) is 5.66. The lowest BCUT2D eigenvalue weighted by Crippen LogP contribution is -2.34. The van der Waals surface area contributed by atoms with E-state index in [1.807, 2.05) is 5.38 Å². The highest BCUT2D eigenvalue weighted by atomic mass is 32.1. The predicted octanol–water partition coefficient (Wildman–Crippen LogP) is 2.31. The smallest absolute Gasteiger partial charge is 0.261 e. The highest BCUT2D eigenvalue weighted by Crippen LogP contribution is 2.17. The highest BCUT2D eigenvalue weighted by molar-refractivity contribution is 7.12. The van der Waals surface area contributed by atoms with E-state index in [0.29, 0.717) is 23.5 Å². The van der Waals surface area contributed by atoms with Crippen molar-refractivity contribution in [3.8, 4) is 0 Å². The van der Waals surface area contributed by atoms with Crippen LogP contribution in [0.1, 0.15) is 28.9 Å². The molecule has 3 amide bonds. The molecule has 0 aliphatic rings. The summed E-state index contributed by atoms with van der Waals surface area (Å²) >= 11 is 1.35. The van der Waals surface area contributed by atoms with Crippen molar-refractivity contribution in [3.63, 3.8) is 0 Å². The second kappa shape index (κ2) is 9.67. The number of hydrogen-bond acceptors (Lipinski definition) is 4. The third-order valence-electron chi connectivity index (χ3n) is 3.62. The minimum Gasteiger partial charge on any atom is -0.370 e. The van der Waals surface area contributed by atoms with Crippen LogP contribution in [0.2, 0.25) is 0 Å². The molecule has 26 heavy (non-hydrogen) atoms. The van der Waals surface area contributed by atoms with Gasteiger partial charge < -0.3 is 16.0 Å². The van der Waals surface area contributed by atoms with E-state index in [2.05, 4.69) is 5.32 Å². The van der Waals surface area contributed by atoms with Crippen molar-refractivity contribution in [1.29, 1.82) is 0 Å². The van der Waals surface area contributed by atoms with E-state index in [1.165, 1.54) is 40.5 Å². The molecule has 1 aromatic carbocycles. The lowest BCUT2D eigenvalue weighted by atomic mass is 10.2. The molecule has 8 heteroatoms. The Kier molecular flexibility index (Phi) is 7.28. The van der Waals surface area contributed by atoms with Gasteiger partial charge in [-0.25, -0.2) is 4.39 Å². The van der Waals surface area contributed by atoms with Crippen LogP contribution in [0.4, 0.5) is 10.1 Å². The van der Waals surface area contributed by atoms with Gasteiger partial charge in [-0.1, -0.05) is 6.07 Å². The Morgan fingerprint density at radius 3 is 2.46 bits per heavy atom. The lowest BCUT2D eigenvalue weighted by Gasteiger charge is -2.22. The Bertz CT molecular complexity index is 748.